The summed E-state index contributed by atoms with van der Waals surface area (Å²) in [5.74, 6) is 2.92. The second-order valence-electron chi connectivity index (χ2n) is 8.52. The van der Waals surface area contributed by atoms with Gasteiger partial charge >= 0.3 is 0 Å². The number of hydrogen-bond donors (Lipinski definition) is 2. The van der Waals surface area contributed by atoms with Gasteiger partial charge in [-0.05, 0) is 50.4 Å². The third-order valence-corrected chi connectivity index (χ3v) is 7.87. The van der Waals surface area contributed by atoms with Crippen LogP contribution in [-0.2, 0) is 9.59 Å². The summed E-state index contributed by atoms with van der Waals surface area (Å²) in [7, 11) is 0. The Bertz CT molecular complexity index is 509. The Balaban J connectivity index is 1.40. The molecule has 2 bridgehead atoms. The summed E-state index contributed by atoms with van der Waals surface area (Å²) in [4.78, 5) is 27.7. The fourth-order valence-electron chi connectivity index (χ4n) is 5.57. The molecule has 3 unspecified atom stereocenters. The molecule has 5 nitrogen and oxygen atoms in total. The summed E-state index contributed by atoms with van der Waals surface area (Å²) >= 11 is 1.71. The average Bonchev–Trinajstić information content (AvgIpc) is 3.26. The van der Waals surface area contributed by atoms with Crippen molar-refractivity contribution in [2.24, 2.45) is 23.5 Å². The molecule has 0 spiro atoms. The number of hydrogen-bond acceptors (Lipinski definition) is 4. The predicted octanol–water partition coefficient (Wildman–Crippen LogP) is 2.10. The zero-order valence-electron chi connectivity index (χ0n) is 15.0. The molecule has 3 aliphatic carbocycles. The minimum Gasteiger partial charge on any atom is -0.351 e. The molecule has 1 heterocycles. The van der Waals surface area contributed by atoms with Gasteiger partial charge in [0.15, 0.2) is 0 Å². The first-order valence-corrected chi connectivity index (χ1v) is 11.2. The van der Waals surface area contributed by atoms with E-state index >= 15 is 0 Å². The van der Waals surface area contributed by atoms with Crippen LogP contribution in [0.5, 0.6) is 0 Å². The Labute approximate surface area is 154 Å². The van der Waals surface area contributed by atoms with E-state index in [2.05, 4.69) is 5.32 Å². The van der Waals surface area contributed by atoms with E-state index in [0.29, 0.717) is 23.8 Å². The summed E-state index contributed by atoms with van der Waals surface area (Å²) in [6, 6.07) is 0.301. The molecule has 0 aromatic carbocycles. The second-order valence-corrected chi connectivity index (χ2v) is 9.52. The van der Waals surface area contributed by atoms with E-state index in [-0.39, 0.29) is 29.8 Å². The van der Waals surface area contributed by atoms with E-state index in [1.807, 2.05) is 4.90 Å². The largest absolute Gasteiger partial charge is 0.351 e. The van der Waals surface area contributed by atoms with Crippen LogP contribution in [-0.4, -0.2) is 46.5 Å². The van der Waals surface area contributed by atoms with Crippen molar-refractivity contribution in [2.45, 2.75) is 75.9 Å². The molecule has 4 rings (SSSR count). The van der Waals surface area contributed by atoms with Crippen molar-refractivity contribution in [3.63, 3.8) is 0 Å². The number of thioether (sulfide) groups is 1. The minimum atomic E-state index is -0.269. The number of nitrogens with one attached hydrogen (secondary N) is 1. The second kappa shape index (κ2) is 7.47. The van der Waals surface area contributed by atoms with Crippen molar-refractivity contribution in [2.75, 3.05) is 11.6 Å². The first-order valence-electron chi connectivity index (χ1n) is 10.1. The quantitative estimate of drug-likeness (QED) is 0.803. The van der Waals surface area contributed by atoms with E-state index in [9.17, 15) is 9.59 Å². The van der Waals surface area contributed by atoms with Crippen LogP contribution in [0.3, 0.4) is 0 Å². The Morgan fingerprint density at radius 2 is 1.68 bits per heavy atom. The van der Waals surface area contributed by atoms with Crippen LogP contribution >= 0.6 is 11.8 Å². The van der Waals surface area contributed by atoms with Crippen molar-refractivity contribution < 1.29 is 9.59 Å². The zero-order valence-corrected chi connectivity index (χ0v) is 15.8. The normalized spacial score (nSPS) is 38.8. The Morgan fingerprint density at radius 1 is 1.00 bits per heavy atom. The van der Waals surface area contributed by atoms with Gasteiger partial charge in [-0.3, -0.25) is 9.59 Å². The Hall–Kier alpha value is -0.750. The molecular weight excluding hydrogens is 334 g/mol. The highest BCUT2D eigenvalue weighted by Gasteiger charge is 2.43. The van der Waals surface area contributed by atoms with E-state index in [4.69, 9.17) is 5.73 Å². The van der Waals surface area contributed by atoms with Crippen LogP contribution in [0.2, 0.25) is 0 Å². The van der Waals surface area contributed by atoms with E-state index < -0.39 is 0 Å². The van der Waals surface area contributed by atoms with Crippen molar-refractivity contribution in [1.82, 2.24) is 10.2 Å². The lowest BCUT2D eigenvalue weighted by atomic mass is 9.67. The van der Waals surface area contributed by atoms with E-state index in [1.54, 1.807) is 11.8 Å². The fraction of sp³-hybridized carbons (Fsp3) is 0.895. The van der Waals surface area contributed by atoms with Crippen LogP contribution < -0.4 is 11.1 Å². The average molecular weight is 366 g/mol. The van der Waals surface area contributed by atoms with Crippen LogP contribution in [0.1, 0.15) is 57.8 Å². The summed E-state index contributed by atoms with van der Waals surface area (Å²) in [6.45, 7) is 0. The van der Waals surface area contributed by atoms with Crippen molar-refractivity contribution in [3.8, 4) is 0 Å². The Kier molecular flexibility index (Phi) is 5.28. The lowest BCUT2D eigenvalue weighted by Gasteiger charge is -2.45. The van der Waals surface area contributed by atoms with Gasteiger partial charge in [0, 0.05) is 23.8 Å². The van der Waals surface area contributed by atoms with Gasteiger partial charge in [-0.15, -0.1) is 11.8 Å². The van der Waals surface area contributed by atoms with Crippen molar-refractivity contribution in [1.29, 1.82) is 0 Å². The highest BCUT2D eigenvalue weighted by molar-refractivity contribution is 7.99. The molecule has 2 amide bonds. The number of fused-ring (bicyclic) bond motifs is 2. The molecule has 0 radical (unpaired) electrons. The van der Waals surface area contributed by atoms with Gasteiger partial charge in [-0.1, -0.05) is 19.3 Å². The molecule has 3 atom stereocenters. The molecular formula is C19H31N3O2S. The highest BCUT2D eigenvalue weighted by atomic mass is 32.2. The molecule has 1 saturated heterocycles. The molecule has 25 heavy (non-hydrogen) atoms. The summed E-state index contributed by atoms with van der Waals surface area (Å²) in [5.41, 5.74) is 6.20. The van der Waals surface area contributed by atoms with E-state index in [0.717, 1.165) is 44.3 Å². The number of carbonyl (C=O) groups is 2. The van der Waals surface area contributed by atoms with Gasteiger partial charge < -0.3 is 16.0 Å². The molecule has 4 aliphatic rings. The van der Waals surface area contributed by atoms with Gasteiger partial charge in [0.1, 0.15) is 6.04 Å². The molecule has 4 fully saturated rings. The van der Waals surface area contributed by atoms with Crippen LogP contribution in [0.15, 0.2) is 0 Å². The molecule has 1 aliphatic heterocycles. The molecule has 3 saturated carbocycles. The number of amides is 2. The van der Waals surface area contributed by atoms with E-state index in [1.165, 1.54) is 19.3 Å². The topological polar surface area (TPSA) is 75.4 Å². The van der Waals surface area contributed by atoms with Crippen molar-refractivity contribution >= 4 is 23.6 Å². The van der Waals surface area contributed by atoms with Gasteiger partial charge in [0.05, 0.1) is 5.88 Å². The number of carbonyl (C=O) groups excluding carboxylic acids is 2. The maximum Gasteiger partial charge on any atom is 0.243 e. The van der Waals surface area contributed by atoms with Crippen LogP contribution in [0.4, 0.5) is 0 Å². The monoisotopic (exact) mass is 365 g/mol. The standard InChI is InChI=1S/C19H31N3O2S/c20-15-8-13-6-3-7-14(9-15)17(13)21-18(23)16-10-25-11-22(16)19(24)12-4-1-2-5-12/h12-17H,1-11,20H2,(H,21,23). The molecule has 0 aromatic rings. The third kappa shape index (κ3) is 3.57. The van der Waals surface area contributed by atoms with Gasteiger partial charge in [0.25, 0.3) is 0 Å². The lowest BCUT2D eigenvalue weighted by Crippen LogP contribution is -2.58. The lowest BCUT2D eigenvalue weighted by molar-refractivity contribution is -0.141. The molecule has 0 aromatic heterocycles. The van der Waals surface area contributed by atoms with Crippen molar-refractivity contribution in [3.05, 3.63) is 0 Å². The number of rotatable bonds is 3. The molecule has 6 heteroatoms. The van der Waals surface area contributed by atoms with Crippen LogP contribution in [0.25, 0.3) is 0 Å². The fourth-order valence-corrected chi connectivity index (χ4v) is 6.73. The first-order chi connectivity index (χ1) is 12.1. The molecule has 140 valence electrons. The maximum absolute atomic E-state index is 13.0. The van der Waals surface area contributed by atoms with Crippen LogP contribution in [0, 0.1) is 17.8 Å². The van der Waals surface area contributed by atoms with Gasteiger partial charge in [-0.25, -0.2) is 0 Å². The number of nitrogens with two attached hydrogens (primary N) is 1. The summed E-state index contributed by atoms with van der Waals surface area (Å²) in [6.07, 6.45) is 9.99. The Morgan fingerprint density at radius 3 is 2.36 bits per heavy atom. The maximum atomic E-state index is 13.0. The van der Waals surface area contributed by atoms with Gasteiger partial charge in [0.2, 0.25) is 11.8 Å². The SMILES string of the molecule is NC1CC2CCCC(C1)C2NC(=O)C1CSCN1C(=O)C1CCCC1. The smallest absolute Gasteiger partial charge is 0.243 e. The van der Waals surface area contributed by atoms with Gasteiger partial charge in [-0.2, -0.15) is 0 Å². The predicted molar refractivity (Wildman–Crippen MR) is 99.9 cm³/mol. The molecule has 3 N–H and O–H groups in total. The zero-order chi connectivity index (χ0) is 17.4. The minimum absolute atomic E-state index is 0.0775. The summed E-state index contributed by atoms with van der Waals surface area (Å²) in [5, 5.41) is 3.36. The highest BCUT2D eigenvalue weighted by Crippen LogP contribution is 2.40. The summed E-state index contributed by atoms with van der Waals surface area (Å²) < 4.78 is 0. The third-order valence-electron chi connectivity index (χ3n) is 6.86. The first kappa shape index (κ1) is 17.7. The number of nitrogens with zero attached hydrogens (tertiary/aromatic N) is 1.